The summed E-state index contributed by atoms with van der Waals surface area (Å²) in [6.45, 7) is 2.72. The van der Waals surface area contributed by atoms with Crippen molar-refractivity contribution in [1.82, 2.24) is 19.7 Å². The van der Waals surface area contributed by atoms with Gasteiger partial charge in [-0.15, -0.1) is 10.2 Å². The maximum absolute atomic E-state index is 13.0. The van der Waals surface area contributed by atoms with Crippen molar-refractivity contribution in [2.24, 2.45) is 0 Å². The van der Waals surface area contributed by atoms with Gasteiger partial charge in [-0.1, -0.05) is 12.1 Å². The molecule has 0 saturated heterocycles. The van der Waals surface area contributed by atoms with Crippen LogP contribution in [-0.2, 0) is 19.3 Å². The molecule has 0 radical (unpaired) electrons. The first-order valence-corrected chi connectivity index (χ1v) is 8.07. The van der Waals surface area contributed by atoms with Crippen molar-refractivity contribution in [1.29, 1.82) is 0 Å². The van der Waals surface area contributed by atoms with E-state index in [-0.39, 0.29) is 13.1 Å². The van der Waals surface area contributed by atoms with Crippen molar-refractivity contribution in [3.63, 3.8) is 0 Å². The number of benzene rings is 1. The van der Waals surface area contributed by atoms with E-state index in [1.807, 2.05) is 36.1 Å². The summed E-state index contributed by atoms with van der Waals surface area (Å²) in [6, 6.07) is 7.56. The van der Waals surface area contributed by atoms with Crippen LogP contribution >= 0.6 is 0 Å². The molecule has 1 aliphatic rings. The maximum atomic E-state index is 13.0. The lowest BCUT2D eigenvalue weighted by molar-refractivity contribution is -0.147. The number of methoxy groups -OCH3 is 1. The first kappa shape index (κ1) is 16.6. The molecule has 0 unspecified atom stereocenters. The molecule has 1 aromatic carbocycles. The zero-order valence-corrected chi connectivity index (χ0v) is 14.2. The van der Waals surface area contributed by atoms with Gasteiger partial charge in [-0.25, -0.2) is 4.98 Å². The summed E-state index contributed by atoms with van der Waals surface area (Å²) in [4.78, 5) is 6.55. The number of fused-ring (bicyclic) bond motifs is 2. The molecule has 9 heteroatoms. The van der Waals surface area contributed by atoms with Crippen LogP contribution < -0.4 is 9.64 Å². The van der Waals surface area contributed by atoms with Crippen molar-refractivity contribution >= 4 is 16.6 Å². The standard InChI is InChI=1S/C17H16F3N5O/c1-10-8-12(11-4-3-5-13(26-2)15(11)21-10)24-6-7-25-14(9-24)22-23-16(25)17(18,19)20/h3-5,8H,6-7,9H2,1-2H3. The van der Waals surface area contributed by atoms with Gasteiger partial charge in [-0.05, 0) is 19.1 Å². The van der Waals surface area contributed by atoms with Crippen LogP contribution in [0.25, 0.3) is 10.9 Å². The van der Waals surface area contributed by atoms with E-state index < -0.39 is 12.0 Å². The van der Waals surface area contributed by atoms with Crippen LogP contribution in [0.3, 0.4) is 0 Å². The molecular formula is C17H16F3N5O. The average molecular weight is 363 g/mol. The fourth-order valence-electron chi connectivity index (χ4n) is 3.33. The van der Waals surface area contributed by atoms with Gasteiger partial charge in [0.05, 0.1) is 13.7 Å². The van der Waals surface area contributed by atoms with E-state index in [1.54, 1.807) is 7.11 Å². The normalized spacial score (nSPS) is 14.6. The molecular weight excluding hydrogens is 347 g/mol. The predicted octanol–water partition coefficient (Wildman–Crippen LogP) is 3.18. The second-order valence-electron chi connectivity index (χ2n) is 6.15. The summed E-state index contributed by atoms with van der Waals surface area (Å²) in [5, 5.41) is 7.97. The highest BCUT2D eigenvalue weighted by molar-refractivity contribution is 5.95. The molecule has 0 fully saturated rings. The molecule has 1 aliphatic heterocycles. The molecule has 0 atom stereocenters. The molecule has 26 heavy (non-hydrogen) atoms. The van der Waals surface area contributed by atoms with Crippen molar-refractivity contribution in [2.45, 2.75) is 26.2 Å². The predicted molar refractivity (Wildman–Crippen MR) is 89.1 cm³/mol. The van der Waals surface area contributed by atoms with Crippen molar-refractivity contribution in [3.8, 4) is 5.75 Å². The van der Waals surface area contributed by atoms with Gasteiger partial charge in [0.2, 0.25) is 5.82 Å². The SMILES string of the molecule is COc1cccc2c(N3CCn4c(nnc4C(F)(F)F)C3)cc(C)nc12. The molecule has 2 aromatic heterocycles. The molecule has 0 bridgehead atoms. The number of nitrogens with zero attached hydrogens (tertiary/aromatic N) is 5. The van der Waals surface area contributed by atoms with Crippen LogP contribution in [0.2, 0.25) is 0 Å². The summed E-state index contributed by atoms with van der Waals surface area (Å²) in [5.41, 5.74) is 2.43. The Morgan fingerprint density at radius 2 is 1.96 bits per heavy atom. The minimum Gasteiger partial charge on any atom is -0.494 e. The Hall–Kier alpha value is -2.84. The minimum absolute atomic E-state index is 0.171. The van der Waals surface area contributed by atoms with Crippen molar-refractivity contribution in [3.05, 3.63) is 41.6 Å². The molecule has 0 saturated carbocycles. The number of anilines is 1. The highest BCUT2D eigenvalue weighted by Gasteiger charge is 2.39. The van der Waals surface area contributed by atoms with Gasteiger partial charge in [0, 0.05) is 29.9 Å². The summed E-state index contributed by atoms with van der Waals surface area (Å²) in [5.74, 6) is 0.0191. The number of ether oxygens (including phenoxy) is 1. The van der Waals surface area contributed by atoms with Crippen LogP contribution in [-0.4, -0.2) is 33.4 Å². The number of aryl methyl sites for hydroxylation is 1. The molecule has 0 aliphatic carbocycles. The largest absolute Gasteiger partial charge is 0.494 e. The fourth-order valence-corrected chi connectivity index (χ4v) is 3.33. The average Bonchev–Trinajstić information content (AvgIpc) is 3.04. The van der Waals surface area contributed by atoms with Crippen LogP contribution in [0.15, 0.2) is 24.3 Å². The minimum atomic E-state index is -4.50. The maximum Gasteiger partial charge on any atom is 0.451 e. The lowest BCUT2D eigenvalue weighted by Gasteiger charge is -2.31. The quantitative estimate of drug-likeness (QED) is 0.700. The topological polar surface area (TPSA) is 56.1 Å². The van der Waals surface area contributed by atoms with E-state index >= 15 is 0 Å². The van der Waals surface area contributed by atoms with Gasteiger partial charge in [0.1, 0.15) is 11.3 Å². The lowest BCUT2D eigenvalue weighted by atomic mass is 10.1. The first-order chi connectivity index (χ1) is 12.4. The van der Waals surface area contributed by atoms with E-state index in [0.29, 0.717) is 18.1 Å². The number of hydrogen-bond donors (Lipinski definition) is 0. The van der Waals surface area contributed by atoms with Gasteiger partial charge in [0.15, 0.2) is 5.82 Å². The van der Waals surface area contributed by atoms with Gasteiger partial charge >= 0.3 is 6.18 Å². The summed E-state index contributed by atoms with van der Waals surface area (Å²) < 4.78 is 45.6. The smallest absolute Gasteiger partial charge is 0.451 e. The van der Waals surface area contributed by atoms with Crippen LogP contribution in [0.5, 0.6) is 5.75 Å². The molecule has 0 N–H and O–H groups in total. The Labute approximate surface area is 147 Å². The molecule has 0 amide bonds. The van der Waals surface area contributed by atoms with Crippen molar-refractivity contribution < 1.29 is 17.9 Å². The Balaban J connectivity index is 1.77. The third-order valence-corrected chi connectivity index (χ3v) is 4.48. The third kappa shape index (κ3) is 2.63. The lowest BCUT2D eigenvalue weighted by Crippen LogP contribution is -2.35. The Bertz CT molecular complexity index is 982. The van der Waals surface area contributed by atoms with Crippen LogP contribution in [0, 0.1) is 6.92 Å². The molecule has 6 nitrogen and oxygen atoms in total. The Morgan fingerprint density at radius 3 is 2.69 bits per heavy atom. The summed E-state index contributed by atoms with van der Waals surface area (Å²) >= 11 is 0. The first-order valence-electron chi connectivity index (χ1n) is 8.07. The number of alkyl halides is 3. The van der Waals surface area contributed by atoms with Crippen LogP contribution in [0.1, 0.15) is 17.3 Å². The second kappa shape index (κ2) is 5.86. The zero-order valence-electron chi connectivity index (χ0n) is 14.2. The molecule has 3 aromatic rings. The zero-order chi connectivity index (χ0) is 18.5. The fraction of sp³-hybridized carbons (Fsp3) is 0.353. The van der Waals surface area contributed by atoms with Crippen molar-refractivity contribution in [2.75, 3.05) is 18.6 Å². The highest BCUT2D eigenvalue weighted by Crippen LogP contribution is 2.35. The monoisotopic (exact) mass is 363 g/mol. The Kier molecular flexibility index (Phi) is 3.74. The highest BCUT2D eigenvalue weighted by atomic mass is 19.4. The molecule has 3 heterocycles. The van der Waals surface area contributed by atoms with E-state index in [1.165, 1.54) is 0 Å². The summed E-state index contributed by atoms with van der Waals surface area (Å²) in [6.07, 6.45) is -4.50. The number of rotatable bonds is 2. The number of pyridine rings is 1. The molecule has 136 valence electrons. The number of aromatic nitrogens is 4. The van der Waals surface area contributed by atoms with E-state index in [0.717, 1.165) is 26.9 Å². The van der Waals surface area contributed by atoms with Gasteiger partial charge in [-0.3, -0.25) is 0 Å². The van der Waals surface area contributed by atoms with E-state index in [4.69, 9.17) is 4.74 Å². The number of halogens is 3. The molecule has 4 rings (SSSR count). The van der Waals surface area contributed by atoms with Crippen LogP contribution in [0.4, 0.5) is 18.9 Å². The second-order valence-corrected chi connectivity index (χ2v) is 6.15. The molecule has 0 spiro atoms. The number of hydrogen-bond acceptors (Lipinski definition) is 5. The van der Waals surface area contributed by atoms with Gasteiger partial charge in [-0.2, -0.15) is 13.2 Å². The van der Waals surface area contributed by atoms with E-state index in [2.05, 4.69) is 15.2 Å². The van der Waals surface area contributed by atoms with E-state index in [9.17, 15) is 13.2 Å². The Morgan fingerprint density at radius 1 is 1.15 bits per heavy atom. The van der Waals surface area contributed by atoms with Gasteiger partial charge in [0.25, 0.3) is 0 Å². The van der Waals surface area contributed by atoms with Gasteiger partial charge < -0.3 is 14.2 Å². The number of para-hydroxylation sites is 1. The summed E-state index contributed by atoms with van der Waals surface area (Å²) in [7, 11) is 1.58. The third-order valence-electron chi connectivity index (χ3n) is 4.48.